The summed E-state index contributed by atoms with van der Waals surface area (Å²) in [6.45, 7) is 5.78. The molecule has 0 saturated carbocycles. The van der Waals surface area contributed by atoms with Crippen LogP contribution in [0.15, 0.2) is 42.6 Å². The van der Waals surface area contributed by atoms with Crippen LogP contribution in [0.25, 0.3) is 5.69 Å². The third-order valence-electron chi connectivity index (χ3n) is 4.11. The maximum Gasteiger partial charge on any atom is 0.306 e. The van der Waals surface area contributed by atoms with E-state index >= 15 is 0 Å². The van der Waals surface area contributed by atoms with Crippen molar-refractivity contribution in [2.24, 2.45) is 17.8 Å². The predicted molar refractivity (Wildman–Crippen MR) is 96.6 cm³/mol. The largest absolute Gasteiger partial charge is 0.481 e. The van der Waals surface area contributed by atoms with Gasteiger partial charge in [0.25, 0.3) is 0 Å². The highest BCUT2D eigenvalue weighted by molar-refractivity contribution is 5.90. The summed E-state index contributed by atoms with van der Waals surface area (Å²) in [5, 5.41) is 16.4. The Balaban J connectivity index is 1.96. The molecule has 0 spiro atoms. The Kier molecular flexibility index (Phi) is 6.33. The van der Waals surface area contributed by atoms with Crippen molar-refractivity contribution >= 4 is 17.7 Å². The van der Waals surface area contributed by atoms with Gasteiger partial charge in [0.05, 0.1) is 11.6 Å². The van der Waals surface area contributed by atoms with Crippen molar-refractivity contribution in [3.05, 3.63) is 42.6 Å². The number of nitrogens with one attached hydrogen (secondary N) is 1. The van der Waals surface area contributed by atoms with Crippen LogP contribution in [-0.2, 0) is 9.59 Å². The molecule has 25 heavy (non-hydrogen) atoms. The van der Waals surface area contributed by atoms with Crippen molar-refractivity contribution in [1.29, 1.82) is 0 Å². The maximum atomic E-state index is 12.2. The number of hydrogen-bond acceptors (Lipinski definition) is 3. The van der Waals surface area contributed by atoms with Gasteiger partial charge in [-0.2, -0.15) is 5.10 Å². The standard InChI is InChI=1S/C19H25N3O3/c1-13(2)11-16(19(24)25)14(3)12-18(23)20-17-9-10-22(21-17)15-7-5-4-6-8-15/h4-10,13-14,16H,11-12H2,1-3H3,(H,24,25)(H,20,21,23)/t14-,16+/m0/s1. The lowest BCUT2D eigenvalue weighted by molar-refractivity contribution is -0.144. The van der Waals surface area contributed by atoms with Crippen LogP contribution in [0.2, 0.25) is 0 Å². The number of aliphatic carboxylic acids is 1. The molecular weight excluding hydrogens is 318 g/mol. The van der Waals surface area contributed by atoms with E-state index in [1.165, 1.54) is 0 Å². The number of carboxylic acid groups (broad SMARTS) is 1. The Labute approximate surface area is 147 Å². The Bertz CT molecular complexity index is 710. The summed E-state index contributed by atoms with van der Waals surface area (Å²) >= 11 is 0. The van der Waals surface area contributed by atoms with Crippen LogP contribution in [0, 0.1) is 17.8 Å². The summed E-state index contributed by atoms with van der Waals surface area (Å²) in [6, 6.07) is 11.3. The SMILES string of the molecule is CC(C)C[C@@H](C(=O)O)[C@@H](C)CC(=O)Nc1ccn(-c2ccccc2)n1. The topological polar surface area (TPSA) is 84.2 Å². The van der Waals surface area contributed by atoms with E-state index in [0.29, 0.717) is 12.2 Å². The second-order valence-corrected chi connectivity index (χ2v) is 6.78. The predicted octanol–water partition coefficient (Wildman–Crippen LogP) is 3.58. The second kappa shape index (κ2) is 8.46. The van der Waals surface area contributed by atoms with Gasteiger partial charge in [-0.05, 0) is 30.4 Å². The third-order valence-corrected chi connectivity index (χ3v) is 4.11. The number of hydrogen-bond donors (Lipinski definition) is 2. The Morgan fingerprint density at radius 1 is 1.16 bits per heavy atom. The number of rotatable bonds is 8. The van der Waals surface area contributed by atoms with E-state index in [-0.39, 0.29) is 24.2 Å². The van der Waals surface area contributed by atoms with E-state index in [1.54, 1.807) is 16.9 Å². The zero-order valence-corrected chi connectivity index (χ0v) is 14.8. The first-order valence-electron chi connectivity index (χ1n) is 8.50. The van der Waals surface area contributed by atoms with Gasteiger partial charge in [0.1, 0.15) is 0 Å². The van der Waals surface area contributed by atoms with Gasteiger partial charge in [0, 0.05) is 18.7 Å². The second-order valence-electron chi connectivity index (χ2n) is 6.78. The minimum atomic E-state index is -0.845. The molecule has 6 heteroatoms. The average Bonchev–Trinajstić information content (AvgIpc) is 3.01. The number of para-hydroxylation sites is 1. The maximum absolute atomic E-state index is 12.2. The minimum Gasteiger partial charge on any atom is -0.481 e. The first-order chi connectivity index (χ1) is 11.9. The summed E-state index contributed by atoms with van der Waals surface area (Å²) < 4.78 is 1.68. The Morgan fingerprint density at radius 3 is 2.44 bits per heavy atom. The van der Waals surface area contributed by atoms with Gasteiger partial charge in [0.15, 0.2) is 5.82 Å². The minimum absolute atomic E-state index is 0.155. The molecule has 0 bridgehead atoms. The molecule has 2 N–H and O–H groups in total. The highest BCUT2D eigenvalue weighted by Gasteiger charge is 2.27. The highest BCUT2D eigenvalue weighted by Crippen LogP contribution is 2.24. The summed E-state index contributed by atoms with van der Waals surface area (Å²) in [5.41, 5.74) is 0.902. The van der Waals surface area contributed by atoms with Gasteiger partial charge in [-0.1, -0.05) is 39.0 Å². The van der Waals surface area contributed by atoms with Crippen LogP contribution in [0.4, 0.5) is 5.82 Å². The normalized spacial score (nSPS) is 13.4. The molecule has 0 aliphatic carbocycles. The molecule has 2 aromatic rings. The summed E-state index contributed by atoms with van der Waals surface area (Å²) in [7, 11) is 0. The quantitative estimate of drug-likeness (QED) is 0.767. The van der Waals surface area contributed by atoms with Crippen molar-refractivity contribution < 1.29 is 14.7 Å². The van der Waals surface area contributed by atoms with E-state index in [4.69, 9.17) is 0 Å². The molecule has 0 radical (unpaired) electrons. The van der Waals surface area contributed by atoms with Crippen LogP contribution in [0.3, 0.4) is 0 Å². The molecule has 1 aromatic carbocycles. The smallest absolute Gasteiger partial charge is 0.306 e. The van der Waals surface area contributed by atoms with E-state index in [9.17, 15) is 14.7 Å². The van der Waals surface area contributed by atoms with Gasteiger partial charge in [-0.15, -0.1) is 0 Å². The summed E-state index contributed by atoms with van der Waals surface area (Å²) in [4.78, 5) is 23.7. The van der Waals surface area contributed by atoms with Gasteiger partial charge >= 0.3 is 5.97 Å². The number of anilines is 1. The van der Waals surface area contributed by atoms with Gasteiger partial charge in [-0.3, -0.25) is 9.59 Å². The lowest BCUT2D eigenvalue weighted by atomic mass is 9.84. The van der Waals surface area contributed by atoms with Crippen molar-refractivity contribution in [2.75, 3.05) is 5.32 Å². The highest BCUT2D eigenvalue weighted by atomic mass is 16.4. The molecule has 6 nitrogen and oxygen atoms in total. The number of carboxylic acids is 1. The molecule has 1 aromatic heterocycles. The summed E-state index contributed by atoms with van der Waals surface area (Å²) in [5.74, 6) is -1.10. The molecule has 0 fully saturated rings. The van der Waals surface area contributed by atoms with Gasteiger partial charge in [-0.25, -0.2) is 4.68 Å². The molecule has 0 saturated heterocycles. The molecule has 2 rings (SSSR count). The van der Waals surface area contributed by atoms with Crippen molar-refractivity contribution in [1.82, 2.24) is 9.78 Å². The third kappa shape index (κ3) is 5.45. The molecule has 0 aliphatic heterocycles. The molecule has 1 heterocycles. The first-order valence-corrected chi connectivity index (χ1v) is 8.50. The molecule has 0 unspecified atom stereocenters. The van der Waals surface area contributed by atoms with E-state index in [0.717, 1.165) is 5.69 Å². The van der Waals surface area contributed by atoms with Crippen molar-refractivity contribution in [2.45, 2.75) is 33.6 Å². The van der Waals surface area contributed by atoms with Crippen molar-refractivity contribution in [3.63, 3.8) is 0 Å². The fourth-order valence-electron chi connectivity index (χ4n) is 2.83. The van der Waals surface area contributed by atoms with E-state index < -0.39 is 11.9 Å². The number of carbonyl (C=O) groups is 2. The van der Waals surface area contributed by atoms with Crippen molar-refractivity contribution in [3.8, 4) is 5.69 Å². The van der Waals surface area contributed by atoms with E-state index in [1.807, 2.05) is 51.1 Å². The lowest BCUT2D eigenvalue weighted by Crippen LogP contribution is -2.27. The summed E-state index contributed by atoms with van der Waals surface area (Å²) in [6.07, 6.45) is 2.49. The molecular formula is C19H25N3O3. The molecule has 1 amide bonds. The fraction of sp³-hybridized carbons (Fsp3) is 0.421. The van der Waals surface area contributed by atoms with Crippen LogP contribution in [0.5, 0.6) is 0 Å². The number of aromatic nitrogens is 2. The van der Waals surface area contributed by atoms with Crippen LogP contribution >= 0.6 is 0 Å². The zero-order chi connectivity index (χ0) is 18.4. The molecule has 0 aliphatic rings. The first kappa shape index (κ1) is 18.7. The number of benzene rings is 1. The Hall–Kier alpha value is -2.63. The van der Waals surface area contributed by atoms with E-state index in [2.05, 4.69) is 10.4 Å². The zero-order valence-electron chi connectivity index (χ0n) is 14.8. The number of carbonyl (C=O) groups excluding carboxylic acids is 1. The monoisotopic (exact) mass is 343 g/mol. The van der Waals surface area contributed by atoms with Crippen LogP contribution in [0.1, 0.15) is 33.6 Å². The van der Waals surface area contributed by atoms with Crippen LogP contribution < -0.4 is 5.32 Å². The number of amides is 1. The van der Waals surface area contributed by atoms with Gasteiger partial charge < -0.3 is 10.4 Å². The van der Waals surface area contributed by atoms with Crippen LogP contribution in [-0.4, -0.2) is 26.8 Å². The molecule has 134 valence electrons. The lowest BCUT2D eigenvalue weighted by Gasteiger charge is -2.21. The average molecular weight is 343 g/mol. The number of nitrogens with zero attached hydrogens (tertiary/aromatic N) is 2. The molecule has 2 atom stereocenters. The fourth-order valence-corrected chi connectivity index (χ4v) is 2.83. The Morgan fingerprint density at radius 2 is 1.84 bits per heavy atom. The van der Waals surface area contributed by atoms with Gasteiger partial charge in [0.2, 0.25) is 5.91 Å².